The van der Waals surface area contributed by atoms with E-state index >= 15 is 0 Å². The largest absolute Gasteiger partial charge is 0.393 e. The van der Waals surface area contributed by atoms with Crippen LogP contribution in [0.15, 0.2) is 0 Å². The number of aliphatic hydroxyl groups is 1. The van der Waals surface area contributed by atoms with Gasteiger partial charge in [0.05, 0.1) is 6.10 Å². The summed E-state index contributed by atoms with van der Waals surface area (Å²) >= 11 is 0. The Bertz CT molecular complexity index is 160. The molecule has 0 aromatic carbocycles. The van der Waals surface area contributed by atoms with Gasteiger partial charge in [0.1, 0.15) is 0 Å². The normalized spacial score (nSPS) is 15.0. The van der Waals surface area contributed by atoms with Gasteiger partial charge in [-0.15, -0.1) is 0 Å². The molecule has 15 heavy (non-hydrogen) atoms. The van der Waals surface area contributed by atoms with Crippen molar-refractivity contribution in [1.82, 2.24) is 4.90 Å². The van der Waals surface area contributed by atoms with Crippen molar-refractivity contribution in [2.75, 3.05) is 19.6 Å². The first-order valence-corrected chi connectivity index (χ1v) is 6.17. The van der Waals surface area contributed by atoms with Crippen molar-refractivity contribution in [2.45, 2.75) is 54.1 Å². The topological polar surface area (TPSA) is 23.5 Å². The van der Waals surface area contributed by atoms with Crippen LogP contribution in [0.5, 0.6) is 0 Å². The maximum atomic E-state index is 9.94. The zero-order valence-electron chi connectivity index (χ0n) is 11.4. The quantitative estimate of drug-likeness (QED) is 0.736. The highest BCUT2D eigenvalue weighted by atomic mass is 16.3. The van der Waals surface area contributed by atoms with Gasteiger partial charge in [-0.2, -0.15) is 0 Å². The lowest BCUT2D eigenvalue weighted by molar-refractivity contribution is 0.0450. The molecule has 0 amide bonds. The maximum Gasteiger partial charge on any atom is 0.0600 e. The molecular weight excluding hydrogens is 186 g/mol. The van der Waals surface area contributed by atoms with Gasteiger partial charge in [0.15, 0.2) is 0 Å². The van der Waals surface area contributed by atoms with Crippen molar-refractivity contribution < 1.29 is 5.11 Å². The smallest absolute Gasteiger partial charge is 0.0600 e. The van der Waals surface area contributed by atoms with Crippen LogP contribution in [0.25, 0.3) is 0 Å². The summed E-state index contributed by atoms with van der Waals surface area (Å²) in [4.78, 5) is 2.42. The lowest BCUT2D eigenvalue weighted by Crippen LogP contribution is -2.34. The predicted octanol–water partition coefficient (Wildman–Crippen LogP) is 2.76. The first kappa shape index (κ1) is 14.9. The molecule has 1 N–H and O–H groups in total. The highest BCUT2D eigenvalue weighted by Gasteiger charge is 2.22. The van der Waals surface area contributed by atoms with E-state index in [0.717, 1.165) is 26.1 Å². The van der Waals surface area contributed by atoms with Crippen LogP contribution >= 0.6 is 0 Å². The van der Waals surface area contributed by atoms with Gasteiger partial charge in [0.2, 0.25) is 0 Å². The van der Waals surface area contributed by atoms with Crippen molar-refractivity contribution in [1.29, 1.82) is 0 Å². The molecule has 0 aliphatic rings. The van der Waals surface area contributed by atoms with Gasteiger partial charge < -0.3 is 10.0 Å². The van der Waals surface area contributed by atoms with Gasteiger partial charge in [-0.05, 0) is 24.3 Å². The maximum absolute atomic E-state index is 9.94. The lowest BCUT2D eigenvalue weighted by atomic mass is 9.87. The highest BCUT2D eigenvalue weighted by molar-refractivity contribution is 4.74. The Morgan fingerprint density at radius 2 is 1.73 bits per heavy atom. The standard InChI is InChI=1S/C13H29NO/c1-7-14(10-11(2)3)9-8-12(15)13(4,5)6/h11-12,15H,7-10H2,1-6H3. The average Bonchev–Trinajstić information content (AvgIpc) is 2.09. The van der Waals surface area contributed by atoms with Crippen molar-refractivity contribution in [2.24, 2.45) is 11.3 Å². The minimum Gasteiger partial charge on any atom is -0.393 e. The SMILES string of the molecule is CCN(CCC(O)C(C)(C)C)CC(C)C. The molecule has 0 radical (unpaired) electrons. The number of rotatable bonds is 6. The minimum atomic E-state index is -0.196. The number of hydrogen-bond donors (Lipinski definition) is 1. The Morgan fingerprint density at radius 3 is 2.07 bits per heavy atom. The molecule has 0 aromatic rings. The summed E-state index contributed by atoms with van der Waals surface area (Å²) in [5, 5.41) is 9.94. The van der Waals surface area contributed by atoms with Crippen LogP contribution in [-0.4, -0.2) is 35.7 Å². The fourth-order valence-corrected chi connectivity index (χ4v) is 1.63. The predicted molar refractivity (Wildman–Crippen MR) is 67.0 cm³/mol. The van der Waals surface area contributed by atoms with Crippen molar-refractivity contribution in [3.8, 4) is 0 Å². The van der Waals surface area contributed by atoms with Crippen molar-refractivity contribution in [3.63, 3.8) is 0 Å². The molecule has 0 fully saturated rings. The van der Waals surface area contributed by atoms with Crippen LogP contribution in [0.2, 0.25) is 0 Å². The third kappa shape index (κ3) is 6.91. The van der Waals surface area contributed by atoms with E-state index in [9.17, 15) is 5.11 Å². The van der Waals surface area contributed by atoms with E-state index in [0.29, 0.717) is 5.92 Å². The molecule has 0 heterocycles. The molecule has 0 aliphatic heterocycles. The Morgan fingerprint density at radius 1 is 1.20 bits per heavy atom. The highest BCUT2D eigenvalue weighted by Crippen LogP contribution is 2.21. The van der Waals surface area contributed by atoms with Crippen molar-refractivity contribution >= 4 is 0 Å². The summed E-state index contributed by atoms with van der Waals surface area (Å²) in [7, 11) is 0. The second kappa shape index (κ2) is 6.49. The van der Waals surface area contributed by atoms with Crippen molar-refractivity contribution in [3.05, 3.63) is 0 Å². The van der Waals surface area contributed by atoms with E-state index in [1.807, 2.05) is 0 Å². The first-order valence-electron chi connectivity index (χ1n) is 6.17. The molecule has 0 aromatic heterocycles. The number of nitrogens with zero attached hydrogens (tertiary/aromatic N) is 1. The van der Waals surface area contributed by atoms with Gasteiger partial charge in [-0.25, -0.2) is 0 Å². The van der Waals surface area contributed by atoms with Crippen LogP contribution in [0.4, 0.5) is 0 Å². The summed E-state index contributed by atoms with van der Waals surface area (Å²) in [5.41, 5.74) is 0.0112. The lowest BCUT2D eigenvalue weighted by Gasteiger charge is -2.29. The van der Waals surface area contributed by atoms with E-state index in [4.69, 9.17) is 0 Å². The molecule has 1 unspecified atom stereocenters. The van der Waals surface area contributed by atoms with E-state index in [-0.39, 0.29) is 11.5 Å². The van der Waals surface area contributed by atoms with Crippen LogP contribution in [0.3, 0.4) is 0 Å². The zero-order chi connectivity index (χ0) is 12.1. The summed E-state index contributed by atoms with van der Waals surface area (Å²) < 4.78 is 0. The summed E-state index contributed by atoms with van der Waals surface area (Å²) in [6.07, 6.45) is 0.683. The Kier molecular flexibility index (Phi) is 6.46. The van der Waals surface area contributed by atoms with E-state index in [1.54, 1.807) is 0 Å². The van der Waals surface area contributed by atoms with E-state index < -0.39 is 0 Å². The molecule has 0 rings (SSSR count). The third-order valence-electron chi connectivity index (χ3n) is 2.79. The Labute approximate surface area is 95.7 Å². The van der Waals surface area contributed by atoms with E-state index in [2.05, 4.69) is 46.4 Å². The minimum absolute atomic E-state index is 0.0112. The van der Waals surface area contributed by atoms with Crippen LogP contribution in [0, 0.1) is 11.3 Å². The van der Waals surface area contributed by atoms with Gasteiger partial charge in [0, 0.05) is 13.1 Å². The third-order valence-corrected chi connectivity index (χ3v) is 2.79. The molecule has 92 valence electrons. The van der Waals surface area contributed by atoms with Crippen LogP contribution in [0.1, 0.15) is 48.0 Å². The van der Waals surface area contributed by atoms with Gasteiger partial charge >= 0.3 is 0 Å². The van der Waals surface area contributed by atoms with Crippen LogP contribution in [-0.2, 0) is 0 Å². The molecule has 0 aliphatic carbocycles. The summed E-state index contributed by atoms with van der Waals surface area (Å²) in [6, 6.07) is 0. The molecule has 1 atom stereocenters. The summed E-state index contributed by atoms with van der Waals surface area (Å²) in [6.45, 7) is 16.2. The molecule has 0 bridgehead atoms. The second-order valence-corrected chi connectivity index (χ2v) is 5.96. The summed E-state index contributed by atoms with van der Waals surface area (Å²) in [5.74, 6) is 0.705. The van der Waals surface area contributed by atoms with Gasteiger partial charge in [-0.3, -0.25) is 0 Å². The number of aliphatic hydroxyl groups excluding tert-OH is 1. The zero-order valence-corrected chi connectivity index (χ0v) is 11.4. The monoisotopic (exact) mass is 215 g/mol. The molecule has 0 spiro atoms. The van der Waals surface area contributed by atoms with E-state index in [1.165, 1.54) is 0 Å². The molecule has 2 nitrogen and oxygen atoms in total. The van der Waals surface area contributed by atoms with Gasteiger partial charge in [0.25, 0.3) is 0 Å². The Balaban J connectivity index is 3.90. The Hall–Kier alpha value is -0.0800. The fraction of sp³-hybridized carbons (Fsp3) is 1.00. The molecule has 0 saturated heterocycles. The number of hydrogen-bond acceptors (Lipinski definition) is 2. The average molecular weight is 215 g/mol. The molecule has 2 heteroatoms. The molecule has 0 saturated carbocycles. The fourth-order valence-electron chi connectivity index (χ4n) is 1.63. The van der Waals surface area contributed by atoms with Gasteiger partial charge in [-0.1, -0.05) is 41.5 Å². The molecular formula is C13H29NO. The van der Waals surface area contributed by atoms with Crippen LogP contribution < -0.4 is 0 Å². The second-order valence-electron chi connectivity index (χ2n) is 5.96. The first-order chi connectivity index (χ1) is 6.77.